The molecule has 0 spiro atoms. The monoisotopic (exact) mass is 523 g/mol. The number of anilines is 1. The second-order valence-corrected chi connectivity index (χ2v) is 7.22. The highest BCUT2D eigenvalue weighted by atomic mass is 127. The highest BCUT2D eigenvalue weighted by Crippen LogP contribution is 2.36. The van der Waals surface area contributed by atoms with Gasteiger partial charge < -0.3 is 9.47 Å². The SMILES string of the molecule is COc1cc(/C=N\Nc2ccc(C(F)(F)F)cc2[N+](=O)[O-])cc(I)c1OC(C)C. The van der Waals surface area contributed by atoms with E-state index in [1.54, 1.807) is 12.1 Å². The first kappa shape index (κ1) is 22.7. The summed E-state index contributed by atoms with van der Waals surface area (Å²) in [5.74, 6) is 1.05. The van der Waals surface area contributed by atoms with E-state index < -0.39 is 22.4 Å². The minimum atomic E-state index is -4.68. The zero-order valence-electron chi connectivity index (χ0n) is 15.6. The number of benzene rings is 2. The summed E-state index contributed by atoms with van der Waals surface area (Å²) in [4.78, 5) is 10.2. The van der Waals surface area contributed by atoms with Crippen LogP contribution in [0.5, 0.6) is 11.5 Å². The van der Waals surface area contributed by atoms with E-state index in [4.69, 9.17) is 9.47 Å². The summed E-state index contributed by atoms with van der Waals surface area (Å²) in [6.07, 6.45) is -3.37. The Labute approximate surface area is 178 Å². The highest BCUT2D eigenvalue weighted by Gasteiger charge is 2.33. The van der Waals surface area contributed by atoms with E-state index >= 15 is 0 Å². The zero-order valence-corrected chi connectivity index (χ0v) is 17.7. The number of halogens is 4. The Bertz CT molecular complexity index is 933. The van der Waals surface area contributed by atoms with Crippen LogP contribution < -0.4 is 14.9 Å². The number of ether oxygens (including phenoxy) is 2. The van der Waals surface area contributed by atoms with E-state index in [0.29, 0.717) is 23.1 Å². The molecule has 11 heteroatoms. The predicted molar refractivity (Wildman–Crippen MR) is 111 cm³/mol. The largest absolute Gasteiger partial charge is 0.493 e. The molecular weight excluding hydrogens is 506 g/mol. The molecule has 0 unspecified atom stereocenters. The molecule has 0 fully saturated rings. The van der Waals surface area contributed by atoms with Gasteiger partial charge in [-0.3, -0.25) is 15.5 Å². The van der Waals surface area contributed by atoms with Gasteiger partial charge in [-0.2, -0.15) is 18.3 Å². The molecule has 0 aliphatic heterocycles. The van der Waals surface area contributed by atoms with Crippen molar-refractivity contribution in [2.75, 3.05) is 12.5 Å². The van der Waals surface area contributed by atoms with Crippen molar-refractivity contribution in [2.45, 2.75) is 26.1 Å². The summed E-state index contributed by atoms with van der Waals surface area (Å²) in [5.41, 5.74) is 1.00. The Kier molecular flexibility index (Phi) is 7.27. The fourth-order valence-electron chi connectivity index (χ4n) is 2.29. The molecule has 0 aliphatic carbocycles. The van der Waals surface area contributed by atoms with Crippen LogP contribution in [0.15, 0.2) is 35.4 Å². The molecule has 0 radical (unpaired) electrons. The van der Waals surface area contributed by atoms with Crippen molar-refractivity contribution in [3.63, 3.8) is 0 Å². The normalized spacial score (nSPS) is 11.7. The third kappa shape index (κ3) is 5.95. The number of alkyl halides is 3. The second-order valence-electron chi connectivity index (χ2n) is 6.06. The summed E-state index contributed by atoms with van der Waals surface area (Å²) in [6, 6.07) is 5.58. The number of methoxy groups -OCH3 is 1. The van der Waals surface area contributed by atoms with Crippen molar-refractivity contribution in [2.24, 2.45) is 5.10 Å². The van der Waals surface area contributed by atoms with Gasteiger partial charge in [-0.25, -0.2) is 0 Å². The van der Waals surface area contributed by atoms with Crippen LogP contribution in [0.3, 0.4) is 0 Å². The number of nitro benzene ring substituents is 1. The molecule has 156 valence electrons. The molecular formula is C18H17F3IN3O4. The molecule has 0 aliphatic rings. The molecule has 0 bridgehead atoms. The maximum atomic E-state index is 12.8. The van der Waals surface area contributed by atoms with Gasteiger partial charge in [-0.15, -0.1) is 0 Å². The van der Waals surface area contributed by atoms with E-state index in [2.05, 4.69) is 33.1 Å². The van der Waals surface area contributed by atoms with Crippen molar-refractivity contribution in [1.82, 2.24) is 0 Å². The van der Waals surface area contributed by atoms with Crippen molar-refractivity contribution >= 4 is 40.2 Å². The lowest BCUT2D eigenvalue weighted by Crippen LogP contribution is -2.08. The molecule has 0 atom stereocenters. The van der Waals surface area contributed by atoms with Crippen LogP contribution in [0.1, 0.15) is 25.0 Å². The maximum absolute atomic E-state index is 12.8. The summed E-state index contributed by atoms with van der Waals surface area (Å²) >= 11 is 2.07. The molecule has 7 nitrogen and oxygen atoms in total. The smallest absolute Gasteiger partial charge is 0.416 e. The van der Waals surface area contributed by atoms with Crippen LogP contribution in [0.2, 0.25) is 0 Å². The number of nitro groups is 1. The molecule has 0 amide bonds. The Morgan fingerprint density at radius 1 is 1.28 bits per heavy atom. The van der Waals surface area contributed by atoms with E-state index in [9.17, 15) is 23.3 Å². The van der Waals surface area contributed by atoms with Crippen LogP contribution in [0.4, 0.5) is 24.5 Å². The van der Waals surface area contributed by atoms with E-state index in [0.717, 1.165) is 15.7 Å². The van der Waals surface area contributed by atoms with Crippen molar-refractivity contribution in [3.8, 4) is 11.5 Å². The summed E-state index contributed by atoms with van der Waals surface area (Å²) in [5, 5.41) is 15.0. The van der Waals surface area contributed by atoms with Crippen LogP contribution in [0.25, 0.3) is 0 Å². The van der Waals surface area contributed by atoms with Gasteiger partial charge in [0, 0.05) is 6.07 Å². The van der Waals surface area contributed by atoms with E-state index in [-0.39, 0.29) is 11.8 Å². The average Bonchev–Trinajstić information content (AvgIpc) is 2.62. The zero-order chi connectivity index (χ0) is 21.8. The summed E-state index contributed by atoms with van der Waals surface area (Å²) in [7, 11) is 1.49. The number of nitrogens with one attached hydrogen (secondary N) is 1. The fraction of sp³-hybridized carbons (Fsp3) is 0.278. The first-order chi connectivity index (χ1) is 13.5. The predicted octanol–water partition coefficient (Wildman–Crippen LogP) is 5.46. The van der Waals surface area contributed by atoms with Gasteiger partial charge in [-0.1, -0.05) is 0 Å². The molecule has 29 heavy (non-hydrogen) atoms. The molecule has 0 heterocycles. The second kappa shape index (κ2) is 9.29. The first-order valence-electron chi connectivity index (χ1n) is 8.21. The molecule has 1 N–H and O–H groups in total. The molecule has 2 aromatic carbocycles. The van der Waals surface area contributed by atoms with Crippen LogP contribution >= 0.6 is 22.6 Å². The maximum Gasteiger partial charge on any atom is 0.416 e. The number of hydrogen-bond donors (Lipinski definition) is 1. The number of rotatable bonds is 7. The molecule has 2 aromatic rings. The fourth-order valence-corrected chi connectivity index (χ4v) is 3.05. The van der Waals surface area contributed by atoms with E-state index in [1.807, 2.05) is 13.8 Å². The molecule has 0 saturated carbocycles. The Morgan fingerprint density at radius 3 is 2.52 bits per heavy atom. The standard InChI is InChI=1S/C18H17F3IN3O4/c1-10(2)29-17-13(22)6-11(7-16(17)28-3)9-23-24-14-5-4-12(18(19,20)21)8-15(14)25(26)27/h4-10,24H,1-3H3/b23-9-. The Hall–Kier alpha value is -2.57. The number of nitrogens with zero attached hydrogens (tertiary/aromatic N) is 2. The molecule has 0 aromatic heterocycles. The van der Waals surface area contributed by atoms with Gasteiger partial charge in [0.15, 0.2) is 11.5 Å². The van der Waals surface area contributed by atoms with Crippen LogP contribution in [-0.2, 0) is 6.18 Å². The van der Waals surface area contributed by atoms with Gasteiger partial charge in [0.05, 0.1) is 33.5 Å². The third-order valence-corrected chi connectivity index (χ3v) is 4.33. The average molecular weight is 523 g/mol. The van der Waals surface area contributed by atoms with Gasteiger partial charge >= 0.3 is 6.18 Å². The van der Waals surface area contributed by atoms with Gasteiger partial charge in [0.25, 0.3) is 5.69 Å². The Morgan fingerprint density at radius 2 is 1.97 bits per heavy atom. The van der Waals surface area contributed by atoms with Gasteiger partial charge in [0.1, 0.15) is 5.69 Å². The lowest BCUT2D eigenvalue weighted by molar-refractivity contribution is -0.384. The highest BCUT2D eigenvalue weighted by molar-refractivity contribution is 14.1. The minimum Gasteiger partial charge on any atom is -0.493 e. The number of hydrogen-bond acceptors (Lipinski definition) is 6. The number of hydrazone groups is 1. The Balaban J connectivity index is 2.28. The lowest BCUT2D eigenvalue weighted by atomic mass is 10.1. The van der Waals surface area contributed by atoms with E-state index in [1.165, 1.54) is 13.3 Å². The summed E-state index contributed by atoms with van der Waals surface area (Å²) in [6.45, 7) is 3.76. The van der Waals surface area contributed by atoms with Gasteiger partial charge in [0.2, 0.25) is 0 Å². The first-order valence-corrected chi connectivity index (χ1v) is 9.29. The minimum absolute atomic E-state index is 0.0566. The molecule has 2 rings (SSSR count). The summed E-state index contributed by atoms with van der Waals surface area (Å²) < 4.78 is 50.1. The molecule has 0 saturated heterocycles. The third-order valence-electron chi connectivity index (χ3n) is 3.53. The van der Waals surface area contributed by atoms with Crippen molar-refractivity contribution in [1.29, 1.82) is 0 Å². The lowest BCUT2D eigenvalue weighted by Gasteiger charge is -2.15. The van der Waals surface area contributed by atoms with Crippen LogP contribution in [-0.4, -0.2) is 24.4 Å². The topological polar surface area (TPSA) is 86.0 Å². The van der Waals surface area contributed by atoms with Crippen molar-refractivity contribution < 1.29 is 27.6 Å². The quantitative estimate of drug-likeness (QED) is 0.226. The van der Waals surface area contributed by atoms with Gasteiger partial charge in [-0.05, 0) is 66.3 Å². The van der Waals surface area contributed by atoms with Crippen molar-refractivity contribution in [3.05, 3.63) is 55.1 Å². The van der Waals surface area contributed by atoms with Crippen LogP contribution in [0, 0.1) is 13.7 Å².